The number of ether oxygens (including phenoxy) is 10. The van der Waals surface area contributed by atoms with Crippen molar-refractivity contribution in [2.75, 3.05) is 13.2 Å². The summed E-state index contributed by atoms with van der Waals surface area (Å²) in [6.07, 6.45) is -18.5. The maximum absolute atomic E-state index is 14.3. The minimum Gasteiger partial charge on any atom is -0.419 e. The van der Waals surface area contributed by atoms with E-state index in [9.17, 15) is 89.1 Å². The number of fused-ring (bicyclic) bond motifs is 7. The van der Waals surface area contributed by atoms with E-state index in [1.807, 2.05) is 0 Å². The second-order valence-electron chi connectivity index (χ2n) is 14.9. The Labute approximate surface area is 337 Å². The van der Waals surface area contributed by atoms with Gasteiger partial charge in [0.25, 0.3) is 0 Å². The minimum atomic E-state index is -5.40. The summed E-state index contributed by atoms with van der Waals surface area (Å²) in [4.78, 5) is 143. The van der Waals surface area contributed by atoms with Crippen LogP contribution in [0.25, 0.3) is 0 Å². The van der Waals surface area contributed by atoms with E-state index in [1.54, 1.807) is 0 Å². The van der Waals surface area contributed by atoms with E-state index in [0.29, 0.717) is 0 Å². The average molecular weight is 901 g/mol. The van der Waals surface area contributed by atoms with Crippen LogP contribution >= 0.6 is 0 Å². The zero-order valence-corrected chi connectivity index (χ0v) is 30.3. The van der Waals surface area contributed by atoms with Gasteiger partial charge in [0, 0.05) is 0 Å². The van der Waals surface area contributed by atoms with Crippen LogP contribution in [-0.4, -0.2) is 189 Å². The first-order valence-corrected chi connectivity index (χ1v) is 17.3. The van der Waals surface area contributed by atoms with E-state index < -0.39 is 181 Å². The topological polar surface area (TPSA) is 465 Å². The van der Waals surface area contributed by atoms with Crippen LogP contribution in [0.5, 0.6) is 0 Å². The molecule has 8 saturated heterocycles. The molecule has 0 aliphatic carbocycles. The Kier molecular flexibility index (Phi) is 9.16. The van der Waals surface area contributed by atoms with Gasteiger partial charge in [0.05, 0.1) is 45.1 Å². The normalized spacial score (nSPS) is 48.9. The summed E-state index contributed by atoms with van der Waals surface area (Å²) in [5, 5.41) is 102. The molecule has 8 aliphatic rings. The summed E-state index contributed by atoms with van der Waals surface area (Å²) in [6, 6.07) is 0. The summed E-state index contributed by atoms with van der Waals surface area (Å²) in [7, 11) is 0. The molecule has 0 aromatic carbocycles. The van der Waals surface area contributed by atoms with E-state index in [4.69, 9.17) is 57.1 Å². The van der Waals surface area contributed by atoms with Crippen molar-refractivity contribution in [3.8, 4) is 0 Å². The maximum atomic E-state index is 14.3. The van der Waals surface area contributed by atoms with Crippen LogP contribution in [-0.2, 0) is 110 Å². The molecule has 6 bridgehead atoms. The van der Waals surface area contributed by atoms with Crippen molar-refractivity contribution >= 4 is 53.7 Å². The Hall–Kier alpha value is -5.33. The van der Waals surface area contributed by atoms with E-state index in [-0.39, 0.29) is 0 Å². The molecule has 13 atom stereocenters. The van der Waals surface area contributed by atoms with Gasteiger partial charge in [-0.05, 0) is 0 Å². The molecule has 8 aliphatic heterocycles. The lowest BCUT2D eigenvalue weighted by atomic mass is 9.79. The fourth-order valence-corrected chi connectivity index (χ4v) is 7.62. The van der Waals surface area contributed by atoms with Crippen LogP contribution in [0.15, 0.2) is 0 Å². The third kappa shape index (κ3) is 5.41. The Morgan fingerprint density at radius 2 is 1.03 bits per heavy atom. The molecule has 0 saturated carbocycles. The quantitative estimate of drug-likeness (QED) is 0.0718. The van der Waals surface area contributed by atoms with Gasteiger partial charge >= 0.3 is 88.8 Å². The molecule has 9 N–H and O–H groups in total. The summed E-state index contributed by atoms with van der Waals surface area (Å²) in [5.41, 5.74) is -10.8. The summed E-state index contributed by atoms with van der Waals surface area (Å²) >= 11 is 0. The lowest BCUT2D eigenvalue weighted by Crippen LogP contribution is -2.97. The molecule has 0 aromatic heterocycles. The van der Waals surface area contributed by atoms with E-state index in [0.717, 1.165) is 0 Å². The molecule has 0 amide bonds. The average Bonchev–Trinajstić information content (AvgIpc) is 3.41. The molecule has 8 rings (SSSR count). The van der Waals surface area contributed by atoms with Gasteiger partial charge in [-0.3, -0.25) is 43.2 Å². The van der Waals surface area contributed by atoms with E-state index >= 15 is 0 Å². The molecule has 0 aromatic rings. The highest BCUT2D eigenvalue weighted by atomic mass is 17.3. The van der Waals surface area contributed by atoms with Gasteiger partial charge < -0.3 is 83.9 Å². The lowest BCUT2D eigenvalue weighted by Gasteiger charge is -2.65. The maximum Gasteiger partial charge on any atom is 0.489 e. The van der Waals surface area contributed by atoms with Gasteiger partial charge in [0.15, 0.2) is 16.8 Å². The SMILES string of the molecule is O=C1CC2(O)CC(=O)OC3(OO1)OC(=O)CC1(O)CC(=O)O[C@@]4(OOC2=O)[C@]3(OC1=O)O[C@]1(OC2(CO)O[C@H](CO)[C@@H](O)[C@@H]2O)OC(=O)CC2(O)CC(=O)O[C@@]4(O)[C@]1(O)OC2=O. The summed E-state index contributed by atoms with van der Waals surface area (Å²) in [6.45, 7) is -3.27. The van der Waals surface area contributed by atoms with Crippen molar-refractivity contribution in [2.24, 2.45) is 0 Å². The van der Waals surface area contributed by atoms with Crippen molar-refractivity contribution in [1.82, 2.24) is 0 Å². The first kappa shape index (κ1) is 43.3. The number of esters is 7. The van der Waals surface area contributed by atoms with Crippen LogP contribution in [0.4, 0.5) is 0 Å². The molecule has 32 heteroatoms. The molecule has 8 heterocycles. The molecular formula is C30H28O32. The molecule has 8 fully saturated rings. The van der Waals surface area contributed by atoms with Crippen LogP contribution in [0.3, 0.4) is 0 Å². The van der Waals surface area contributed by atoms with Gasteiger partial charge in [-0.1, -0.05) is 4.89 Å². The summed E-state index contributed by atoms with van der Waals surface area (Å²) < 4.78 is 52.3. The van der Waals surface area contributed by atoms with Crippen LogP contribution in [0.1, 0.15) is 38.5 Å². The molecular weight excluding hydrogens is 872 g/mol. The Balaban J connectivity index is 1.57. The highest BCUT2D eigenvalue weighted by molar-refractivity contribution is 5.94. The summed E-state index contributed by atoms with van der Waals surface area (Å²) in [5.74, 6) is -55.4. The Morgan fingerprint density at radius 3 is 1.58 bits per heavy atom. The number of carbonyl (C=O) groups is 9. The fourth-order valence-electron chi connectivity index (χ4n) is 7.62. The standard InChI is InChI=1S/C30H28O32/c31-7-9-16(39)17(40)24(8-32,49-9)59-29-26(48)25(47,50-10(33)1-21(44,18(41)55-26)3-12(35)52-29)27-28(60-29)30(53-13(36)4-22(45,19(42)56-28)2-11(34)51-27)54-14(37)5-23(46,20(43)58-61-27)6-15(38)57-62-30/h9,16-17,31-32,39-40,44-48H,1-8H2/t9-,16-,17+,21?,22?,23?,24?,25+,26+,27+,28+,29+,30?/m1/s1. The van der Waals surface area contributed by atoms with Gasteiger partial charge in [-0.25, -0.2) is 19.2 Å². The van der Waals surface area contributed by atoms with Crippen molar-refractivity contribution in [1.29, 1.82) is 0 Å². The second kappa shape index (κ2) is 13.1. The minimum absolute atomic E-state index is 1.32. The van der Waals surface area contributed by atoms with Crippen molar-refractivity contribution in [3.05, 3.63) is 0 Å². The number of aliphatic hydroxyl groups is 9. The first-order valence-electron chi connectivity index (χ1n) is 17.3. The molecule has 0 radical (unpaired) electrons. The molecule has 62 heavy (non-hydrogen) atoms. The van der Waals surface area contributed by atoms with E-state index in [2.05, 4.69) is 9.78 Å². The highest BCUT2D eigenvalue weighted by Crippen LogP contribution is 2.66. The third-order valence-corrected chi connectivity index (χ3v) is 10.6. The van der Waals surface area contributed by atoms with Crippen molar-refractivity contribution in [2.45, 2.75) is 115 Å². The third-order valence-electron chi connectivity index (χ3n) is 10.6. The lowest BCUT2D eigenvalue weighted by molar-refractivity contribution is -0.705. The molecule has 340 valence electrons. The molecule has 32 nitrogen and oxygen atoms in total. The number of carbonyl (C=O) groups excluding carboxylic acids is 9. The highest BCUT2D eigenvalue weighted by Gasteiger charge is 3.03. The number of aliphatic hydroxyl groups excluding tert-OH is 4. The van der Waals surface area contributed by atoms with Crippen molar-refractivity contribution < 1.29 is 156 Å². The number of hydrogen-bond acceptors (Lipinski definition) is 32. The van der Waals surface area contributed by atoms with Gasteiger partial charge in [0.1, 0.15) is 24.9 Å². The monoisotopic (exact) mass is 900 g/mol. The van der Waals surface area contributed by atoms with Crippen LogP contribution in [0, 0.1) is 0 Å². The van der Waals surface area contributed by atoms with E-state index in [1.165, 1.54) is 0 Å². The zero-order chi connectivity index (χ0) is 45.5. The zero-order valence-electron chi connectivity index (χ0n) is 30.3. The number of rotatable bonds is 4. The van der Waals surface area contributed by atoms with Crippen LogP contribution < -0.4 is 0 Å². The fraction of sp³-hybridized carbons (Fsp3) is 0.700. The van der Waals surface area contributed by atoms with Gasteiger partial charge in [-0.2, -0.15) is 0 Å². The first-order chi connectivity index (χ1) is 28.7. The van der Waals surface area contributed by atoms with Crippen LogP contribution in [0.2, 0.25) is 0 Å². The Bertz CT molecular complexity index is 2110. The van der Waals surface area contributed by atoms with Crippen molar-refractivity contribution in [3.63, 3.8) is 0 Å². The predicted octanol–water partition coefficient (Wildman–Crippen LogP) is -9.72. The molecule has 2 spiro atoms. The van der Waals surface area contributed by atoms with Gasteiger partial charge in [-0.15, -0.1) is 4.89 Å². The Morgan fingerprint density at radius 1 is 0.532 bits per heavy atom. The largest absolute Gasteiger partial charge is 0.489 e. The second-order valence-corrected chi connectivity index (χ2v) is 14.9. The molecule has 5 unspecified atom stereocenters. The number of hydrogen-bond donors (Lipinski definition) is 9. The smallest absolute Gasteiger partial charge is 0.419 e. The predicted molar refractivity (Wildman–Crippen MR) is 156 cm³/mol. The van der Waals surface area contributed by atoms with Gasteiger partial charge in [0.2, 0.25) is 5.79 Å².